The lowest BCUT2D eigenvalue weighted by Gasteiger charge is -2.16. The molecule has 1 fully saturated rings. The van der Waals surface area contributed by atoms with Crippen molar-refractivity contribution in [3.05, 3.63) is 0 Å². The lowest BCUT2D eigenvalue weighted by Crippen LogP contribution is -2.57. The molecule has 68 valence electrons. The summed E-state index contributed by atoms with van der Waals surface area (Å²) >= 11 is 0. The maximum absolute atomic E-state index is 11.0. The van der Waals surface area contributed by atoms with Crippen molar-refractivity contribution in [2.75, 3.05) is 6.54 Å². The zero-order valence-electron chi connectivity index (χ0n) is 6.23. The first-order chi connectivity index (χ1) is 5.45. The summed E-state index contributed by atoms with van der Waals surface area (Å²) in [7, 11) is 0. The van der Waals surface area contributed by atoms with E-state index in [1.165, 1.54) is 0 Å². The summed E-state index contributed by atoms with van der Waals surface area (Å²) < 4.78 is 0. The van der Waals surface area contributed by atoms with Gasteiger partial charge in [0.15, 0.2) is 17.1 Å². The monoisotopic (exact) mass is 174 g/mol. The van der Waals surface area contributed by atoms with Crippen LogP contribution in [0.5, 0.6) is 0 Å². The Balaban J connectivity index is 3.07. The van der Waals surface area contributed by atoms with Gasteiger partial charge >= 0.3 is 0 Å². The van der Waals surface area contributed by atoms with Crippen LogP contribution in [0.1, 0.15) is 0 Å². The molecule has 0 aromatic rings. The molecule has 2 atom stereocenters. The van der Waals surface area contributed by atoms with Gasteiger partial charge in [-0.2, -0.15) is 0 Å². The van der Waals surface area contributed by atoms with Crippen LogP contribution in [-0.2, 0) is 9.59 Å². The van der Waals surface area contributed by atoms with Crippen LogP contribution in [0, 0.1) is 0 Å². The SMILES string of the molecule is NCC1(N)C(=O)C(O)C(O)C1=O. The molecule has 1 aliphatic rings. The first-order valence-electron chi connectivity index (χ1n) is 3.39. The zero-order valence-corrected chi connectivity index (χ0v) is 6.23. The van der Waals surface area contributed by atoms with Gasteiger partial charge in [0, 0.05) is 6.54 Å². The molecule has 0 radical (unpaired) electrons. The molecule has 6 heteroatoms. The fourth-order valence-corrected chi connectivity index (χ4v) is 1.14. The van der Waals surface area contributed by atoms with Gasteiger partial charge in [0.1, 0.15) is 12.2 Å². The molecule has 0 amide bonds. The minimum atomic E-state index is -1.90. The molecule has 6 nitrogen and oxygen atoms in total. The highest BCUT2D eigenvalue weighted by Crippen LogP contribution is 2.20. The van der Waals surface area contributed by atoms with E-state index in [1.807, 2.05) is 0 Å². The largest absolute Gasteiger partial charge is 0.382 e. The number of rotatable bonds is 1. The lowest BCUT2D eigenvalue weighted by atomic mass is 9.97. The predicted molar refractivity (Wildman–Crippen MR) is 38.0 cm³/mol. The van der Waals surface area contributed by atoms with Crippen molar-refractivity contribution in [1.29, 1.82) is 0 Å². The third-order valence-electron chi connectivity index (χ3n) is 2.04. The van der Waals surface area contributed by atoms with Crippen molar-refractivity contribution in [3.63, 3.8) is 0 Å². The van der Waals surface area contributed by atoms with Crippen LogP contribution in [-0.4, -0.2) is 46.1 Å². The van der Waals surface area contributed by atoms with Gasteiger partial charge in [-0.1, -0.05) is 0 Å². The Morgan fingerprint density at radius 1 is 1.25 bits per heavy atom. The van der Waals surface area contributed by atoms with Crippen molar-refractivity contribution in [1.82, 2.24) is 0 Å². The number of hydrogen-bond donors (Lipinski definition) is 4. The maximum atomic E-state index is 11.0. The van der Waals surface area contributed by atoms with Crippen LogP contribution >= 0.6 is 0 Å². The Hall–Kier alpha value is -0.820. The standard InChI is InChI=1S/C6H10N2O4/c7-1-6(8)4(11)2(9)3(10)5(6)12/h2-3,9-10H,1,7-8H2. The number of carbonyl (C=O) groups is 2. The van der Waals surface area contributed by atoms with Gasteiger partial charge in [0.05, 0.1) is 0 Å². The first kappa shape index (κ1) is 9.27. The summed E-state index contributed by atoms with van der Waals surface area (Å²) in [4.78, 5) is 22.1. The quantitative estimate of drug-likeness (QED) is 0.306. The van der Waals surface area contributed by atoms with E-state index in [-0.39, 0.29) is 0 Å². The van der Waals surface area contributed by atoms with Crippen molar-refractivity contribution in [3.8, 4) is 0 Å². The van der Waals surface area contributed by atoms with Crippen molar-refractivity contribution >= 4 is 11.6 Å². The van der Waals surface area contributed by atoms with E-state index in [9.17, 15) is 9.59 Å². The average molecular weight is 174 g/mol. The highest BCUT2D eigenvalue weighted by atomic mass is 16.3. The molecule has 12 heavy (non-hydrogen) atoms. The molecule has 1 aliphatic carbocycles. The van der Waals surface area contributed by atoms with E-state index in [2.05, 4.69) is 0 Å². The van der Waals surface area contributed by atoms with Crippen molar-refractivity contribution < 1.29 is 19.8 Å². The van der Waals surface area contributed by atoms with Crippen LogP contribution < -0.4 is 11.5 Å². The van der Waals surface area contributed by atoms with E-state index < -0.39 is 35.9 Å². The number of hydrogen-bond acceptors (Lipinski definition) is 6. The molecule has 6 N–H and O–H groups in total. The maximum Gasteiger partial charge on any atom is 0.193 e. The number of nitrogens with two attached hydrogens (primary N) is 2. The summed E-state index contributed by atoms with van der Waals surface area (Å²) in [5.41, 5.74) is 8.46. The third-order valence-corrected chi connectivity index (χ3v) is 2.04. The summed E-state index contributed by atoms with van der Waals surface area (Å²) in [6.07, 6.45) is -3.46. The Kier molecular flexibility index (Phi) is 2.01. The number of aliphatic hydroxyl groups excluding tert-OH is 2. The molecule has 0 aromatic carbocycles. The molecular weight excluding hydrogens is 164 g/mol. The molecule has 0 saturated heterocycles. The first-order valence-corrected chi connectivity index (χ1v) is 3.39. The summed E-state index contributed by atoms with van der Waals surface area (Å²) in [5.74, 6) is -1.83. The molecule has 1 rings (SSSR count). The summed E-state index contributed by atoms with van der Waals surface area (Å²) in [5, 5.41) is 17.9. The topological polar surface area (TPSA) is 127 Å². The van der Waals surface area contributed by atoms with Gasteiger partial charge in [-0.05, 0) is 0 Å². The molecule has 1 saturated carbocycles. The van der Waals surface area contributed by atoms with Crippen LogP contribution in [0.15, 0.2) is 0 Å². The third kappa shape index (κ3) is 0.896. The number of ketones is 2. The highest BCUT2D eigenvalue weighted by molar-refractivity contribution is 6.21. The van der Waals surface area contributed by atoms with Crippen LogP contribution in [0.25, 0.3) is 0 Å². The molecular formula is C6H10N2O4. The van der Waals surface area contributed by atoms with E-state index in [0.29, 0.717) is 0 Å². The molecule has 0 heterocycles. The lowest BCUT2D eigenvalue weighted by molar-refractivity contribution is -0.131. The predicted octanol–water partition coefficient (Wildman–Crippen LogP) is -3.48. The van der Waals surface area contributed by atoms with Gasteiger partial charge in [-0.3, -0.25) is 9.59 Å². The highest BCUT2D eigenvalue weighted by Gasteiger charge is 2.56. The second-order valence-corrected chi connectivity index (χ2v) is 2.79. The van der Waals surface area contributed by atoms with Gasteiger partial charge in [-0.15, -0.1) is 0 Å². The summed E-state index contributed by atoms with van der Waals surface area (Å²) in [6, 6.07) is 0. The van der Waals surface area contributed by atoms with Gasteiger partial charge < -0.3 is 21.7 Å². The van der Waals surface area contributed by atoms with Crippen LogP contribution in [0.2, 0.25) is 0 Å². The molecule has 0 spiro atoms. The molecule has 2 unspecified atom stereocenters. The van der Waals surface area contributed by atoms with Crippen LogP contribution in [0.3, 0.4) is 0 Å². The van der Waals surface area contributed by atoms with Gasteiger partial charge in [0.25, 0.3) is 0 Å². The fourth-order valence-electron chi connectivity index (χ4n) is 1.14. The minimum absolute atomic E-state index is 0.404. The Bertz CT molecular complexity index is 220. The van der Waals surface area contributed by atoms with E-state index in [1.54, 1.807) is 0 Å². The van der Waals surface area contributed by atoms with E-state index in [4.69, 9.17) is 21.7 Å². The normalized spacial score (nSPS) is 42.3. The summed E-state index contributed by atoms with van der Waals surface area (Å²) in [6.45, 7) is -0.404. The molecule has 0 bridgehead atoms. The van der Waals surface area contributed by atoms with E-state index in [0.717, 1.165) is 0 Å². The average Bonchev–Trinajstić information content (AvgIpc) is 2.22. The second-order valence-electron chi connectivity index (χ2n) is 2.79. The van der Waals surface area contributed by atoms with Gasteiger partial charge in [0.2, 0.25) is 0 Å². The Labute approximate surface area is 68.1 Å². The number of Topliss-reactive ketones (excluding diaryl/α,β-unsaturated/α-hetero) is 2. The molecule has 0 aliphatic heterocycles. The Morgan fingerprint density at radius 2 is 1.58 bits per heavy atom. The molecule has 0 aromatic heterocycles. The fraction of sp³-hybridized carbons (Fsp3) is 0.667. The van der Waals surface area contributed by atoms with Crippen molar-refractivity contribution in [2.45, 2.75) is 17.7 Å². The van der Waals surface area contributed by atoms with Crippen molar-refractivity contribution in [2.24, 2.45) is 11.5 Å². The minimum Gasteiger partial charge on any atom is -0.382 e. The Morgan fingerprint density at radius 3 is 1.75 bits per heavy atom. The van der Waals surface area contributed by atoms with E-state index >= 15 is 0 Å². The van der Waals surface area contributed by atoms with Crippen LogP contribution in [0.4, 0.5) is 0 Å². The number of aliphatic hydroxyl groups is 2. The smallest absolute Gasteiger partial charge is 0.193 e. The number of carbonyl (C=O) groups excluding carboxylic acids is 2. The second kappa shape index (κ2) is 2.60. The van der Waals surface area contributed by atoms with Gasteiger partial charge in [-0.25, -0.2) is 0 Å². The zero-order chi connectivity index (χ0) is 9.52.